The second-order valence-electron chi connectivity index (χ2n) is 3.69. The summed E-state index contributed by atoms with van der Waals surface area (Å²) >= 11 is 0. The first-order valence-electron chi connectivity index (χ1n) is 5.23. The molecule has 0 aromatic carbocycles. The number of carboxylic acids is 1. The Morgan fingerprint density at radius 2 is 2.07 bits per heavy atom. The largest absolute Gasteiger partial charge is 0.481 e. The summed E-state index contributed by atoms with van der Waals surface area (Å²) in [6, 6.07) is -0.282. The number of carboxylic acid groups (broad SMARTS) is 1. The molecule has 0 aliphatic heterocycles. The van der Waals surface area contributed by atoms with Crippen LogP contribution in [0.3, 0.4) is 0 Å². The van der Waals surface area contributed by atoms with E-state index in [1.165, 1.54) is 0 Å². The number of hydrogen-bond donors (Lipinski definition) is 3. The third kappa shape index (κ3) is 6.06. The Labute approximate surface area is 90.0 Å². The first-order valence-corrected chi connectivity index (χ1v) is 5.23. The molecule has 88 valence electrons. The monoisotopic (exact) mass is 216 g/mol. The second kappa shape index (κ2) is 7.23. The molecular weight excluding hydrogens is 196 g/mol. The van der Waals surface area contributed by atoms with Crippen molar-refractivity contribution in [1.29, 1.82) is 0 Å². The van der Waals surface area contributed by atoms with Crippen molar-refractivity contribution in [2.45, 2.75) is 39.2 Å². The predicted molar refractivity (Wildman–Crippen MR) is 57.3 cm³/mol. The lowest BCUT2D eigenvalue weighted by Gasteiger charge is -2.17. The van der Waals surface area contributed by atoms with Crippen LogP contribution in [0.5, 0.6) is 0 Å². The normalized spacial score (nSPS) is 14.3. The summed E-state index contributed by atoms with van der Waals surface area (Å²) in [7, 11) is 0. The molecule has 0 bridgehead atoms. The minimum Gasteiger partial charge on any atom is -0.481 e. The molecule has 0 aromatic heterocycles. The Balaban J connectivity index is 4.05. The van der Waals surface area contributed by atoms with Gasteiger partial charge in [-0.15, -0.1) is 0 Å². The van der Waals surface area contributed by atoms with Crippen LogP contribution in [0.2, 0.25) is 0 Å². The van der Waals surface area contributed by atoms with Crippen LogP contribution in [0, 0.1) is 5.92 Å². The zero-order chi connectivity index (χ0) is 11.8. The minimum atomic E-state index is -0.895. The Morgan fingerprint density at radius 1 is 1.47 bits per heavy atom. The van der Waals surface area contributed by atoms with Gasteiger partial charge in [0, 0.05) is 12.0 Å². The van der Waals surface area contributed by atoms with Gasteiger partial charge in [0.1, 0.15) is 0 Å². The minimum absolute atomic E-state index is 0.0302. The van der Waals surface area contributed by atoms with Crippen molar-refractivity contribution in [2.75, 3.05) is 6.54 Å². The zero-order valence-corrected chi connectivity index (χ0v) is 9.32. The topological polar surface area (TPSA) is 92.4 Å². The van der Waals surface area contributed by atoms with Crippen molar-refractivity contribution in [3.8, 4) is 0 Å². The van der Waals surface area contributed by atoms with Gasteiger partial charge in [0.25, 0.3) is 0 Å². The van der Waals surface area contributed by atoms with Gasteiger partial charge in [0.15, 0.2) is 0 Å². The van der Waals surface area contributed by atoms with Crippen LogP contribution in [0.25, 0.3) is 0 Å². The van der Waals surface area contributed by atoms with Gasteiger partial charge in [0.2, 0.25) is 5.91 Å². The number of carbonyl (C=O) groups is 2. The van der Waals surface area contributed by atoms with E-state index in [9.17, 15) is 9.59 Å². The van der Waals surface area contributed by atoms with Gasteiger partial charge in [-0.05, 0) is 19.4 Å². The second-order valence-corrected chi connectivity index (χ2v) is 3.69. The van der Waals surface area contributed by atoms with Crippen molar-refractivity contribution in [3.05, 3.63) is 0 Å². The van der Waals surface area contributed by atoms with E-state index in [1.54, 1.807) is 6.92 Å². The highest BCUT2D eigenvalue weighted by atomic mass is 16.4. The number of amides is 1. The average molecular weight is 216 g/mol. The van der Waals surface area contributed by atoms with E-state index in [0.717, 1.165) is 0 Å². The molecular formula is C10H20N2O3. The van der Waals surface area contributed by atoms with Gasteiger partial charge in [-0.2, -0.15) is 0 Å². The van der Waals surface area contributed by atoms with Gasteiger partial charge in [-0.25, -0.2) is 0 Å². The molecule has 4 N–H and O–H groups in total. The molecule has 0 spiro atoms. The smallest absolute Gasteiger partial charge is 0.305 e. The van der Waals surface area contributed by atoms with E-state index in [-0.39, 0.29) is 24.3 Å². The molecule has 0 radical (unpaired) electrons. The number of hydrogen-bond acceptors (Lipinski definition) is 3. The molecule has 0 saturated carbocycles. The number of rotatable bonds is 7. The van der Waals surface area contributed by atoms with Crippen molar-refractivity contribution in [1.82, 2.24) is 5.32 Å². The third-order valence-corrected chi connectivity index (χ3v) is 2.31. The Hall–Kier alpha value is -1.10. The molecule has 0 rings (SSSR count). The number of nitrogens with two attached hydrogens (primary N) is 1. The van der Waals surface area contributed by atoms with E-state index in [0.29, 0.717) is 19.4 Å². The van der Waals surface area contributed by atoms with Crippen LogP contribution in [0.1, 0.15) is 33.1 Å². The highest BCUT2D eigenvalue weighted by molar-refractivity contribution is 5.79. The third-order valence-electron chi connectivity index (χ3n) is 2.31. The van der Waals surface area contributed by atoms with Gasteiger partial charge < -0.3 is 16.2 Å². The van der Waals surface area contributed by atoms with Crippen LogP contribution in [0.15, 0.2) is 0 Å². The lowest BCUT2D eigenvalue weighted by molar-refractivity contribution is -0.137. The predicted octanol–water partition coefficient (Wildman–Crippen LogP) is 0.341. The van der Waals surface area contributed by atoms with Crippen LogP contribution < -0.4 is 11.1 Å². The summed E-state index contributed by atoms with van der Waals surface area (Å²) in [5.74, 6) is -1.17. The Morgan fingerprint density at radius 3 is 2.47 bits per heavy atom. The van der Waals surface area contributed by atoms with Crippen LogP contribution in [-0.2, 0) is 9.59 Å². The van der Waals surface area contributed by atoms with Crippen molar-refractivity contribution >= 4 is 11.9 Å². The molecule has 0 aromatic rings. The highest BCUT2D eigenvalue weighted by Gasteiger charge is 2.17. The molecule has 2 unspecified atom stereocenters. The number of carbonyl (C=O) groups excluding carboxylic acids is 1. The number of aliphatic carboxylic acids is 1. The van der Waals surface area contributed by atoms with Gasteiger partial charge >= 0.3 is 5.97 Å². The van der Waals surface area contributed by atoms with Gasteiger partial charge in [-0.3, -0.25) is 9.59 Å². The van der Waals surface area contributed by atoms with Crippen LogP contribution in [-0.4, -0.2) is 29.6 Å². The first-order chi connectivity index (χ1) is 7.01. The van der Waals surface area contributed by atoms with Crippen molar-refractivity contribution in [2.24, 2.45) is 11.7 Å². The summed E-state index contributed by atoms with van der Waals surface area (Å²) in [6.45, 7) is 4.10. The summed E-state index contributed by atoms with van der Waals surface area (Å²) in [4.78, 5) is 22.0. The summed E-state index contributed by atoms with van der Waals surface area (Å²) in [5, 5.41) is 11.3. The zero-order valence-electron chi connectivity index (χ0n) is 9.32. The van der Waals surface area contributed by atoms with E-state index < -0.39 is 5.97 Å². The maximum atomic E-state index is 11.5. The van der Waals surface area contributed by atoms with Crippen LogP contribution in [0.4, 0.5) is 0 Å². The SMILES string of the molecule is CCC(CC(=O)O)NC(=O)C(C)CCN. The molecule has 0 heterocycles. The van der Waals surface area contributed by atoms with Crippen LogP contribution >= 0.6 is 0 Å². The quantitative estimate of drug-likeness (QED) is 0.572. The number of nitrogens with one attached hydrogen (secondary N) is 1. The maximum absolute atomic E-state index is 11.5. The standard InChI is InChI=1S/C10H20N2O3/c1-3-8(6-9(13)14)12-10(15)7(2)4-5-11/h7-8H,3-6,11H2,1-2H3,(H,12,15)(H,13,14). The molecule has 5 nitrogen and oxygen atoms in total. The fourth-order valence-electron chi connectivity index (χ4n) is 1.23. The van der Waals surface area contributed by atoms with E-state index in [1.807, 2.05) is 6.92 Å². The lowest BCUT2D eigenvalue weighted by atomic mass is 10.1. The maximum Gasteiger partial charge on any atom is 0.305 e. The molecule has 0 aliphatic rings. The van der Waals surface area contributed by atoms with E-state index >= 15 is 0 Å². The summed E-state index contributed by atoms with van der Waals surface area (Å²) in [6.07, 6.45) is 1.21. The molecule has 0 fully saturated rings. The fourth-order valence-corrected chi connectivity index (χ4v) is 1.23. The summed E-state index contributed by atoms with van der Waals surface area (Å²) in [5.41, 5.74) is 5.34. The molecule has 5 heteroatoms. The molecule has 0 aliphatic carbocycles. The Bertz CT molecular complexity index is 219. The first kappa shape index (κ1) is 13.9. The lowest BCUT2D eigenvalue weighted by Crippen LogP contribution is -2.39. The van der Waals surface area contributed by atoms with E-state index in [2.05, 4.69) is 5.32 Å². The fraction of sp³-hybridized carbons (Fsp3) is 0.800. The molecule has 1 amide bonds. The highest BCUT2D eigenvalue weighted by Crippen LogP contribution is 2.04. The van der Waals surface area contributed by atoms with Gasteiger partial charge in [0.05, 0.1) is 6.42 Å². The molecule has 2 atom stereocenters. The Kier molecular flexibility index (Phi) is 6.70. The molecule has 0 saturated heterocycles. The molecule has 15 heavy (non-hydrogen) atoms. The van der Waals surface area contributed by atoms with Crippen molar-refractivity contribution < 1.29 is 14.7 Å². The summed E-state index contributed by atoms with van der Waals surface area (Å²) < 4.78 is 0. The van der Waals surface area contributed by atoms with Gasteiger partial charge in [-0.1, -0.05) is 13.8 Å². The van der Waals surface area contributed by atoms with Crippen molar-refractivity contribution in [3.63, 3.8) is 0 Å². The van der Waals surface area contributed by atoms with E-state index in [4.69, 9.17) is 10.8 Å². The average Bonchev–Trinajstić information content (AvgIpc) is 2.16.